The Balaban J connectivity index is 1.68. The highest BCUT2D eigenvalue weighted by atomic mass is 16.4. The number of rotatable bonds is 7. The second-order valence-electron chi connectivity index (χ2n) is 7.24. The van der Waals surface area contributed by atoms with Gasteiger partial charge in [-0.25, -0.2) is 4.98 Å². The van der Waals surface area contributed by atoms with Gasteiger partial charge in [0.1, 0.15) is 17.2 Å². The van der Waals surface area contributed by atoms with Crippen LogP contribution in [-0.4, -0.2) is 50.9 Å². The third kappa shape index (κ3) is 4.08. The van der Waals surface area contributed by atoms with Gasteiger partial charge < -0.3 is 15.3 Å². The van der Waals surface area contributed by atoms with Gasteiger partial charge in [-0.15, -0.1) is 0 Å². The van der Waals surface area contributed by atoms with Gasteiger partial charge in [0.05, 0.1) is 0 Å². The largest absolute Gasteiger partial charge is 0.481 e. The molecule has 7 nitrogen and oxygen atoms in total. The molecule has 0 radical (unpaired) electrons. The van der Waals surface area contributed by atoms with Gasteiger partial charge in [-0.1, -0.05) is 30.3 Å². The molecule has 1 saturated heterocycles. The Bertz CT molecular complexity index is 1020. The summed E-state index contributed by atoms with van der Waals surface area (Å²) in [5.41, 5.74) is 3.08. The zero-order chi connectivity index (χ0) is 20.2. The maximum absolute atomic E-state index is 12.7. The van der Waals surface area contributed by atoms with E-state index in [-0.39, 0.29) is 12.3 Å². The van der Waals surface area contributed by atoms with Gasteiger partial charge in [0.2, 0.25) is 0 Å². The van der Waals surface area contributed by atoms with Crippen LogP contribution in [0.4, 0.5) is 5.82 Å². The van der Waals surface area contributed by atoms with E-state index in [0.717, 1.165) is 43.0 Å². The highest BCUT2D eigenvalue weighted by Gasteiger charge is 2.21. The predicted molar refractivity (Wildman–Crippen MR) is 111 cm³/mol. The summed E-state index contributed by atoms with van der Waals surface area (Å²) in [6, 6.07) is 13.5. The van der Waals surface area contributed by atoms with Crippen molar-refractivity contribution in [2.75, 3.05) is 25.0 Å². The molecule has 3 heterocycles. The lowest BCUT2D eigenvalue weighted by Crippen LogP contribution is -2.27. The SMILES string of the molecule is O=C(O)CCCNc1c(-c2ccccc2)nc2cc(C(=O)N3CCCC3)ccn12. The molecule has 0 unspecified atom stereocenters. The molecule has 7 heteroatoms. The summed E-state index contributed by atoms with van der Waals surface area (Å²) in [6.45, 7) is 2.14. The zero-order valence-corrected chi connectivity index (χ0v) is 16.2. The van der Waals surface area contributed by atoms with Gasteiger partial charge in [0.25, 0.3) is 5.91 Å². The van der Waals surface area contributed by atoms with Crippen molar-refractivity contribution < 1.29 is 14.7 Å². The van der Waals surface area contributed by atoms with Gasteiger partial charge in [0.15, 0.2) is 0 Å². The first-order valence-electron chi connectivity index (χ1n) is 9.96. The third-order valence-corrected chi connectivity index (χ3v) is 5.17. The fraction of sp³-hybridized carbons (Fsp3) is 0.318. The Hall–Kier alpha value is -3.35. The number of aromatic nitrogens is 2. The summed E-state index contributed by atoms with van der Waals surface area (Å²) < 4.78 is 1.92. The standard InChI is InChI=1S/C22H24N4O3/c27-19(28)9-6-11-23-21-20(16-7-2-1-3-8-16)24-18-15-17(10-14-26(18)21)22(29)25-12-4-5-13-25/h1-3,7-8,10,14-15,23H,4-6,9,11-13H2,(H,27,28). The number of pyridine rings is 1. The lowest BCUT2D eigenvalue weighted by atomic mass is 10.1. The Morgan fingerprint density at radius 1 is 1.10 bits per heavy atom. The number of nitrogens with zero attached hydrogens (tertiary/aromatic N) is 3. The van der Waals surface area contributed by atoms with Crippen molar-refractivity contribution in [3.63, 3.8) is 0 Å². The van der Waals surface area contributed by atoms with Crippen LogP contribution in [0.3, 0.4) is 0 Å². The molecule has 2 N–H and O–H groups in total. The minimum absolute atomic E-state index is 0.0465. The lowest BCUT2D eigenvalue weighted by Gasteiger charge is -2.15. The van der Waals surface area contributed by atoms with Crippen LogP contribution in [0.15, 0.2) is 48.7 Å². The Labute approximate surface area is 169 Å². The Kier molecular flexibility index (Phi) is 5.46. The van der Waals surface area contributed by atoms with Crippen LogP contribution in [-0.2, 0) is 4.79 Å². The number of carboxylic acid groups (broad SMARTS) is 1. The van der Waals surface area contributed by atoms with Gasteiger partial charge >= 0.3 is 5.97 Å². The van der Waals surface area contributed by atoms with E-state index < -0.39 is 5.97 Å². The molecule has 1 aliphatic heterocycles. The number of anilines is 1. The molecule has 1 aliphatic rings. The predicted octanol–water partition coefficient (Wildman–Crippen LogP) is 3.51. The molecule has 1 fully saturated rings. The summed E-state index contributed by atoms with van der Waals surface area (Å²) in [7, 11) is 0. The summed E-state index contributed by atoms with van der Waals surface area (Å²) in [5.74, 6) is 0.0419. The van der Waals surface area contributed by atoms with Crippen LogP contribution in [0.25, 0.3) is 16.9 Å². The second-order valence-corrected chi connectivity index (χ2v) is 7.24. The van der Waals surface area contributed by atoms with Gasteiger partial charge in [-0.3, -0.25) is 14.0 Å². The first-order valence-corrected chi connectivity index (χ1v) is 9.96. The van der Waals surface area contributed by atoms with Crippen LogP contribution in [0.2, 0.25) is 0 Å². The smallest absolute Gasteiger partial charge is 0.303 e. The van der Waals surface area contributed by atoms with Gasteiger partial charge in [-0.05, 0) is 31.4 Å². The summed E-state index contributed by atoms with van der Waals surface area (Å²) in [4.78, 5) is 30.2. The van der Waals surface area contributed by atoms with E-state index in [1.807, 2.05) is 58.0 Å². The number of likely N-dealkylation sites (tertiary alicyclic amines) is 1. The van der Waals surface area contributed by atoms with E-state index in [4.69, 9.17) is 10.1 Å². The summed E-state index contributed by atoms with van der Waals surface area (Å²) >= 11 is 0. The van der Waals surface area contributed by atoms with Crippen molar-refractivity contribution in [3.05, 3.63) is 54.2 Å². The molecular weight excluding hydrogens is 368 g/mol. The van der Waals surface area contributed by atoms with Gasteiger partial charge in [0, 0.05) is 43.4 Å². The minimum Gasteiger partial charge on any atom is -0.481 e. The fourth-order valence-corrected chi connectivity index (χ4v) is 3.69. The number of aliphatic carboxylic acids is 1. The quantitative estimate of drug-likeness (QED) is 0.601. The average Bonchev–Trinajstić information content (AvgIpc) is 3.39. The van der Waals surface area contributed by atoms with Crippen LogP contribution in [0, 0.1) is 0 Å². The van der Waals surface area contributed by atoms with E-state index in [1.165, 1.54) is 0 Å². The molecule has 0 spiro atoms. The van der Waals surface area contributed by atoms with E-state index in [0.29, 0.717) is 24.2 Å². The molecule has 3 aromatic rings. The summed E-state index contributed by atoms with van der Waals surface area (Å²) in [5, 5.41) is 12.2. The van der Waals surface area contributed by atoms with Crippen molar-refractivity contribution in [2.45, 2.75) is 25.7 Å². The van der Waals surface area contributed by atoms with Crippen molar-refractivity contribution in [2.24, 2.45) is 0 Å². The van der Waals surface area contributed by atoms with Crippen molar-refractivity contribution in [1.82, 2.24) is 14.3 Å². The molecule has 0 aliphatic carbocycles. The van der Waals surface area contributed by atoms with Gasteiger partial charge in [-0.2, -0.15) is 0 Å². The average molecular weight is 392 g/mol. The molecule has 1 aromatic carbocycles. The molecule has 0 saturated carbocycles. The number of amides is 1. The number of carbonyl (C=O) groups is 2. The van der Waals surface area contributed by atoms with E-state index in [9.17, 15) is 9.59 Å². The van der Waals surface area contributed by atoms with Crippen LogP contribution in [0.1, 0.15) is 36.0 Å². The minimum atomic E-state index is -0.807. The molecule has 0 atom stereocenters. The number of hydrogen-bond donors (Lipinski definition) is 2. The van der Waals surface area contributed by atoms with E-state index >= 15 is 0 Å². The summed E-state index contributed by atoms with van der Waals surface area (Å²) in [6.07, 6.45) is 4.60. The first kappa shape index (κ1) is 19.0. The second kappa shape index (κ2) is 8.34. The number of fused-ring (bicyclic) bond motifs is 1. The highest BCUT2D eigenvalue weighted by Crippen LogP contribution is 2.29. The molecule has 2 aromatic heterocycles. The lowest BCUT2D eigenvalue weighted by molar-refractivity contribution is -0.137. The number of imidazole rings is 1. The molecule has 29 heavy (non-hydrogen) atoms. The third-order valence-electron chi connectivity index (χ3n) is 5.17. The van der Waals surface area contributed by atoms with E-state index in [1.54, 1.807) is 0 Å². The molecule has 1 amide bonds. The van der Waals surface area contributed by atoms with E-state index in [2.05, 4.69) is 5.32 Å². The van der Waals surface area contributed by atoms with Crippen LogP contribution in [0.5, 0.6) is 0 Å². The normalized spacial score (nSPS) is 13.7. The molecule has 4 rings (SSSR count). The molecular formula is C22H24N4O3. The highest BCUT2D eigenvalue weighted by molar-refractivity contribution is 5.95. The number of benzene rings is 1. The maximum atomic E-state index is 12.7. The number of nitrogens with one attached hydrogen (secondary N) is 1. The zero-order valence-electron chi connectivity index (χ0n) is 16.2. The maximum Gasteiger partial charge on any atom is 0.303 e. The molecule has 150 valence electrons. The first-order chi connectivity index (χ1) is 14.1. The fourth-order valence-electron chi connectivity index (χ4n) is 3.69. The monoisotopic (exact) mass is 392 g/mol. The topological polar surface area (TPSA) is 86.9 Å². The number of hydrogen-bond acceptors (Lipinski definition) is 4. The van der Waals surface area contributed by atoms with Crippen LogP contribution >= 0.6 is 0 Å². The van der Waals surface area contributed by atoms with Crippen molar-refractivity contribution >= 4 is 23.3 Å². The Morgan fingerprint density at radius 3 is 2.59 bits per heavy atom. The van der Waals surface area contributed by atoms with Crippen LogP contribution < -0.4 is 5.32 Å². The molecule has 0 bridgehead atoms. The number of carbonyl (C=O) groups excluding carboxylic acids is 1. The number of carboxylic acids is 1. The van der Waals surface area contributed by atoms with Crippen molar-refractivity contribution in [1.29, 1.82) is 0 Å². The van der Waals surface area contributed by atoms with Crippen molar-refractivity contribution in [3.8, 4) is 11.3 Å². The Morgan fingerprint density at radius 2 is 1.86 bits per heavy atom.